The molecule has 0 aromatic carbocycles. The Morgan fingerprint density at radius 1 is 1.56 bits per heavy atom. The molecule has 0 saturated heterocycles. The Hall–Kier alpha value is -1.73. The van der Waals surface area contributed by atoms with Gasteiger partial charge in [-0.05, 0) is 6.07 Å². The summed E-state index contributed by atoms with van der Waals surface area (Å²) in [4.78, 5) is 20.8. The van der Waals surface area contributed by atoms with Gasteiger partial charge in [0.1, 0.15) is 5.82 Å². The van der Waals surface area contributed by atoms with Gasteiger partial charge in [0.2, 0.25) is 5.82 Å². The zero-order valence-corrected chi connectivity index (χ0v) is 10.7. The lowest BCUT2D eigenvalue weighted by Gasteiger charge is -2.21. The molecule has 1 unspecified atom stereocenters. The van der Waals surface area contributed by atoms with Gasteiger partial charge in [0.25, 0.3) is 0 Å². The van der Waals surface area contributed by atoms with Crippen molar-refractivity contribution in [1.29, 1.82) is 0 Å². The molecule has 1 rings (SSSR count). The van der Waals surface area contributed by atoms with Crippen LogP contribution in [-0.4, -0.2) is 61.6 Å². The van der Waals surface area contributed by atoms with E-state index in [2.05, 4.69) is 14.7 Å². The Bertz CT molecular complexity index is 400. The first-order chi connectivity index (χ1) is 8.58. The van der Waals surface area contributed by atoms with E-state index in [1.807, 2.05) is 0 Å². The summed E-state index contributed by atoms with van der Waals surface area (Å²) in [5, 5.41) is 9.60. The van der Waals surface area contributed by atoms with Crippen LogP contribution in [0.15, 0.2) is 12.3 Å². The molecule has 1 heterocycles. The minimum Gasteiger partial charge on any atom is -0.463 e. The smallest absolute Gasteiger partial charge is 0.376 e. The number of anilines is 1. The molecule has 1 atom stereocenters. The molecular formula is C11H17N3O4. The van der Waals surface area contributed by atoms with Crippen LogP contribution in [0.5, 0.6) is 0 Å². The lowest BCUT2D eigenvalue weighted by molar-refractivity contribution is 0.0586. The third-order valence-electron chi connectivity index (χ3n) is 2.24. The number of ether oxygens (including phenoxy) is 2. The predicted molar refractivity (Wildman–Crippen MR) is 64.5 cm³/mol. The molecular weight excluding hydrogens is 238 g/mol. The van der Waals surface area contributed by atoms with Crippen LogP contribution in [0.4, 0.5) is 5.82 Å². The Balaban J connectivity index is 2.73. The van der Waals surface area contributed by atoms with E-state index in [1.54, 1.807) is 18.0 Å². The monoisotopic (exact) mass is 255 g/mol. The molecule has 0 saturated carbocycles. The molecule has 0 radical (unpaired) electrons. The highest BCUT2D eigenvalue weighted by atomic mass is 16.5. The number of methoxy groups -OCH3 is 2. The summed E-state index contributed by atoms with van der Waals surface area (Å²) in [6.45, 7) is 0.574. The summed E-state index contributed by atoms with van der Waals surface area (Å²) < 4.78 is 9.38. The van der Waals surface area contributed by atoms with Gasteiger partial charge in [-0.3, -0.25) is 0 Å². The predicted octanol–water partition coefficient (Wildman–Crippen LogP) is -0.293. The van der Waals surface area contributed by atoms with Crippen molar-refractivity contribution >= 4 is 11.8 Å². The van der Waals surface area contributed by atoms with Gasteiger partial charge in [-0.1, -0.05) is 0 Å². The molecule has 1 N–H and O–H groups in total. The molecule has 7 nitrogen and oxygen atoms in total. The SMILES string of the molecule is COCC(O)CN(C)c1ccnc(C(=O)OC)n1. The second-order valence-corrected chi connectivity index (χ2v) is 3.72. The first kappa shape index (κ1) is 14.3. The van der Waals surface area contributed by atoms with Crippen LogP contribution in [0, 0.1) is 0 Å². The lowest BCUT2D eigenvalue weighted by atomic mass is 10.3. The maximum atomic E-state index is 11.3. The fourth-order valence-corrected chi connectivity index (χ4v) is 1.41. The third-order valence-corrected chi connectivity index (χ3v) is 2.24. The molecule has 0 aliphatic heterocycles. The Kier molecular flexibility index (Phi) is 5.47. The highest BCUT2D eigenvalue weighted by Crippen LogP contribution is 2.09. The van der Waals surface area contributed by atoms with Gasteiger partial charge in [0.15, 0.2) is 0 Å². The lowest BCUT2D eigenvalue weighted by Crippen LogP contribution is -2.32. The van der Waals surface area contributed by atoms with E-state index in [4.69, 9.17) is 4.74 Å². The molecule has 0 aliphatic rings. The summed E-state index contributed by atoms with van der Waals surface area (Å²) >= 11 is 0. The van der Waals surface area contributed by atoms with E-state index in [-0.39, 0.29) is 12.4 Å². The zero-order valence-electron chi connectivity index (χ0n) is 10.7. The summed E-state index contributed by atoms with van der Waals surface area (Å²) in [6.07, 6.45) is 0.838. The molecule has 0 amide bonds. The van der Waals surface area contributed by atoms with Crippen molar-refractivity contribution in [3.8, 4) is 0 Å². The second kappa shape index (κ2) is 6.87. The van der Waals surface area contributed by atoms with Crippen LogP contribution in [0.1, 0.15) is 10.6 Å². The van der Waals surface area contributed by atoms with E-state index in [0.717, 1.165) is 0 Å². The van der Waals surface area contributed by atoms with Gasteiger partial charge in [-0.15, -0.1) is 0 Å². The normalized spacial score (nSPS) is 12.0. The van der Waals surface area contributed by atoms with Gasteiger partial charge in [-0.25, -0.2) is 14.8 Å². The highest BCUT2D eigenvalue weighted by molar-refractivity contribution is 5.85. The van der Waals surface area contributed by atoms with Gasteiger partial charge in [0, 0.05) is 26.9 Å². The molecule has 0 bridgehead atoms. The summed E-state index contributed by atoms with van der Waals surface area (Å²) in [6, 6.07) is 1.64. The molecule has 0 fully saturated rings. The van der Waals surface area contributed by atoms with Crippen molar-refractivity contribution in [1.82, 2.24) is 9.97 Å². The van der Waals surface area contributed by atoms with Crippen LogP contribution in [0.25, 0.3) is 0 Å². The van der Waals surface area contributed by atoms with Crippen LogP contribution >= 0.6 is 0 Å². The van der Waals surface area contributed by atoms with E-state index in [9.17, 15) is 9.90 Å². The van der Waals surface area contributed by atoms with Crippen LogP contribution in [0.3, 0.4) is 0 Å². The number of aromatic nitrogens is 2. The van der Waals surface area contributed by atoms with Crippen molar-refractivity contribution in [3.63, 3.8) is 0 Å². The first-order valence-electron chi connectivity index (χ1n) is 5.38. The van der Waals surface area contributed by atoms with Gasteiger partial charge in [0.05, 0.1) is 19.8 Å². The van der Waals surface area contributed by atoms with Crippen LogP contribution in [0.2, 0.25) is 0 Å². The van der Waals surface area contributed by atoms with Crippen molar-refractivity contribution in [2.24, 2.45) is 0 Å². The Morgan fingerprint density at radius 3 is 2.89 bits per heavy atom. The standard InChI is InChI=1S/C11H17N3O4/c1-14(6-8(15)7-17-2)9-4-5-12-10(13-9)11(16)18-3/h4-5,8,15H,6-7H2,1-3H3. The zero-order chi connectivity index (χ0) is 13.5. The fourth-order valence-electron chi connectivity index (χ4n) is 1.41. The van der Waals surface area contributed by atoms with Crippen LogP contribution < -0.4 is 4.90 Å². The Morgan fingerprint density at radius 2 is 2.28 bits per heavy atom. The molecule has 0 spiro atoms. The van der Waals surface area contributed by atoms with Crippen molar-refractivity contribution in [2.75, 3.05) is 39.3 Å². The number of carbonyl (C=O) groups excluding carboxylic acids is 1. The number of aliphatic hydroxyl groups is 1. The number of likely N-dealkylation sites (N-methyl/N-ethyl adjacent to an activating group) is 1. The topological polar surface area (TPSA) is 84.8 Å². The number of rotatable bonds is 6. The molecule has 7 heteroatoms. The molecule has 100 valence electrons. The van der Waals surface area contributed by atoms with Gasteiger partial charge >= 0.3 is 5.97 Å². The molecule has 1 aromatic heterocycles. The first-order valence-corrected chi connectivity index (χ1v) is 5.38. The number of carbonyl (C=O) groups is 1. The van der Waals surface area contributed by atoms with Crippen LogP contribution in [-0.2, 0) is 9.47 Å². The van der Waals surface area contributed by atoms with Crippen molar-refractivity contribution in [2.45, 2.75) is 6.10 Å². The minimum absolute atomic E-state index is 0.0110. The summed E-state index contributed by atoms with van der Waals surface area (Å²) in [7, 11) is 4.54. The number of nitrogens with zero attached hydrogens (tertiary/aromatic N) is 3. The second-order valence-electron chi connectivity index (χ2n) is 3.72. The minimum atomic E-state index is -0.628. The third kappa shape index (κ3) is 3.94. The van der Waals surface area contributed by atoms with Gasteiger partial charge in [-0.2, -0.15) is 0 Å². The molecule has 0 aliphatic carbocycles. The summed E-state index contributed by atoms with van der Waals surface area (Å²) in [5.41, 5.74) is 0. The average Bonchev–Trinajstić information content (AvgIpc) is 2.38. The van der Waals surface area contributed by atoms with Crippen molar-refractivity contribution in [3.05, 3.63) is 18.1 Å². The van der Waals surface area contributed by atoms with Crippen molar-refractivity contribution < 1.29 is 19.4 Å². The Labute approximate surface area is 105 Å². The number of esters is 1. The maximum absolute atomic E-state index is 11.3. The number of hydrogen-bond acceptors (Lipinski definition) is 7. The fraction of sp³-hybridized carbons (Fsp3) is 0.545. The highest BCUT2D eigenvalue weighted by Gasteiger charge is 2.13. The van der Waals surface area contributed by atoms with E-state index >= 15 is 0 Å². The van der Waals surface area contributed by atoms with E-state index in [1.165, 1.54) is 20.4 Å². The summed E-state index contributed by atoms with van der Waals surface area (Å²) in [5.74, 6) is -0.0775. The van der Waals surface area contributed by atoms with Gasteiger partial charge < -0.3 is 19.5 Å². The number of hydrogen-bond donors (Lipinski definition) is 1. The molecule has 1 aromatic rings. The maximum Gasteiger partial charge on any atom is 0.376 e. The number of aliphatic hydroxyl groups excluding tert-OH is 1. The molecule has 18 heavy (non-hydrogen) atoms. The van der Waals surface area contributed by atoms with E-state index in [0.29, 0.717) is 12.4 Å². The average molecular weight is 255 g/mol. The van der Waals surface area contributed by atoms with E-state index < -0.39 is 12.1 Å². The largest absolute Gasteiger partial charge is 0.463 e. The quantitative estimate of drug-likeness (QED) is 0.699.